The van der Waals surface area contributed by atoms with Gasteiger partial charge in [0.1, 0.15) is 5.75 Å². The third kappa shape index (κ3) is 4.72. The van der Waals surface area contributed by atoms with Gasteiger partial charge in [-0.15, -0.1) is 13.2 Å². The van der Waals surface area contributed by atoms with Crippen LogP contribution in [0.4, 0.5) is 30.7 Å². The van der Waals surface area contributed by atoms with Gasteiger partial charge in [0.25, 0.3) is 0 Å². The highest BCUT2D eigenvalue weighted by atomic mass is 19.4. The van der Waals surface area contributed by atoms with Crippen LogP contribution in [0.25, 0.3) is 10.8 Å². The van der Waals surface area contributed by atoms with E-state index in [1.54, 1.807) is 12.1 Å². The lowest BCUT2D eigenvalue weighted by Gasteiger charge is -2.19. The van der Waals surface area contributed by atoms with Crippen LogP contribution >= 0.6 is 0 Å². The van der Waals surface area contributed by atoms with Crippen molar-refractivity contribution in [2.45, 2.75) is 25.8 Å². The summed E-state index contributed by atoms with van der Waals surface area (Å²) in [5, 5.41) is 1.21. The summed E-state index contributed by atoms with van der Waals surface area (Å²) in [7, 11) is 0. The first-order chi connectivity index (χ1) is 13.5. The second kappa shape index (κ2) is 7.46. The van der Waals surface area contributed by atoms with E-state index in [9.17, 15) is 30.7 Å². The zero-order valence-electron chi connectivity index (χ0n) is 14.8. The zero-order valence-corrected chi connectivity index (χ0v) is 14.8. The molecule has 0 N–H and O–H groups in total. The van der Waals surface area contributed by atoms with Gasteiger partial charge in [0, 0.05) is 12.1 Å². The van der Waals surface area contributed by atoms with Crippen molar-refractivity contribution in [3.63, 3.8) is 0 Å². The first kappa shape index (κ1) is 20.8. The molecule has 0 bridgehead atoms. The Bertz CT molecular complexity index is 1020. The Kier molecular flexibility index (Phi) is 5.34. The Labute approximate surface area is 160 Å². The summed E-state index contributed by atoms with van der Waals surface area (Å²) in [4.78, 5) is 0. The minimum absolute atomic E-state index is 0.187. The molecule has 0 spiro atoms. The maximum atomic E-state index is 14.5. The molecule has 0 unspecified atom stereocenters. The number of fused-ring (bicyclic) bond motifs is 1. The highest BCUT2D eigenvalue weighted by Crippen LogP contribution is 2.37. The van der Waals surface area contributed by atoms with Gasteiger partial charge in [-0.2, -0.15) is 8.78 Å². The van der Waals surface area contributed by atoms with Gasteiger partial charge >= 0.3 is 12.5 Å². The molecule has 0 radical (unpaired) electrons. The predicted molar refractivity (Wildman–Crippen MR) is 90.9 cm³/mol. The average Bonchev–Trinajstić information content (AvgIpc) is 2.62. The molecule has 154 valence electrons. The number of aryl methyl sites for hydroxylation is 1. The Balaban J connectivity index is 1.89. The number of hydrogen-bond donors (Lipinski definition) is 0. The van der Waals surface area contributed by atoms with Gasteiger partial charge in [-0.25, -0.2) is 8.78 Å². The molecular weight excluding hydrogens is 405 g/mol. The molecule has 0 aliphatic rings. The van der Waals surface area contributed by atoms with E-state index in [2.05, 4.69) is 9.47 Å². The van der Waals surface area contributed by atoms with Crippen molar-refractivity contribution in [2.24, 2.45) is 0 Å². The molecule has 0 saturated heterocycles. The maximum absolute atomic E-state index is 14.5. The molecule has 0 saturated carbocycles. The SMILES string of the molecule is CCc1ccc2cc(C(F)(F)Oc3cc(F)c(OC(F)(F)F)c(F)c3)ccc2c1. The summed E-state index contributed by atoms with van der Waals surface area (Å²) in [6, 6.07) is 9.33. The number of halogens is 7. The van der Waals surface area contributed by atoms with Crippen molar-refractivity contribution in [2.75, 3.05) is 0 Å². The van der Waals surface area contributed by atoms with Crippen LogP contribution in [0.5, 0.6) is 11.5 Å². The highest BCUT2D eigenvalue weighted by molar-refractivity contribution is 5.84. The average molecular weight is 418 g/mol. The van der Waals surface area contributed by atoms with Gasteiger partial charge in [-0.1, -0.05) is 31.2 Å². The van der Waals surface area contributed by atoms with E-state index in [4.69, 9.17) is 0 Å². The first-order valence-electron chi connectivity index (χ1n) is 8.33. The van der Waals surface area contributed by atoms with Gasteiger partial charge in [-0.05, 0) is 34.9 Å². The van der Waals surface area contributed by atoms with Gasteiger partial charge in [0.05, 0.1) is 5.56 Å². The summed E-state index contributed by atoms with van der Waals surface area (Å²) in [5.41, 5.74) is 0.422. The van der Waals surface area contributed by atoms with Crippen molar-refractivity contribution >= 4 is 10.8 Å². The summed E-state index contributed by atoms with van der Waals surface area (Å²) in [6.07, 6.45) is -8.58. The van der Waals surface area contributed by atoms with Crippen molar-refractivity contribution in [3.05, 3.63) is 71.3 Å². The molecule has 0 aromatic heterocycles. The van der Waals surface area contributed by atoms with Gasteiger partial charge in [0.15, 0.2) is 11.6 Å². The van der Waals surface area contributed by atoms with Crippen molar-refractivity contribution in [1.82, 2.24) is 0 Å². The van der Waals surface area contributed by atoms with Crippen LogP contribution in [0.15, 0.2) is 48.5 Å². The topological polar surface area (TPSA) is 18.5 Å². The van der Waals surface area contributed by atoms with E-state index in [0.29, 0.717) is 5.39 Å². The van der Waals surface area contributed by atoms with E-state index in [-0.39, 0.29) is 12.1 Å². The molecule has 3 rings (SSSR count). The molecule has 9 heteroatoms. The van der Waals surface area contributed by atoms with Crippen molar-refractivity contribution in [1.29, 1.82) is 0 Å². The van der Waals surface area contributed by atoms with E-state index in [1.165, 1.54) is 6.07 Å². The van der Waals surface area contributed by atoms with E-state index in [0.717, 1.165) is 29.5 Å². The van der Waals surface area contributed by atoms with Gasteiger partial charge in [-0.3, -0.25) is 0 Å². The fourth-order valence-electron chi connectivity index (χ4n) is 2.71. The number of hydrogen-bond acceptors (Lipinski definition) is 2. The third-order valence-corrected chi connectivity index (χ3v) is 4.08. The molecule has 2 nitrogen and oxygen atoms in total. The number of rotatable bonds is 5. The lowest BCUT2D eigenvalue weighted by Crippen LogP contribution is -2.22. The van der Waals surface area contributed by atoms with Crippen LogP contribution < -0.4 is 9.47 Å². The molecular formula is C20H13F7O2. The summed E-state index contributed by atoms with van der Waals surface area (Å²) >= 11 is 0. The lowest BCUT2D eigenvalue weighted by molar-refractivity contribution is -0.276. The summed E-state index contributed by atoms with van der Waals surface area (Å²) < 4.78 is 100. The second-order valence-corrected chi connectivity index (χ2v) is 6.13. The third-order valence-electron chi connectivity index (χ3n) is 4.08. The second-order valence-electron chi connectivity index (χ2n) is 6.13. The van der Waals surface area contributed by atoms with E-state index >= 15 is 0 Å². The number of alkyl halides is 5. The number of ether oxygens (including phenoxy) is 2. The molecule has 3 aromatic carbocycles. The van der Waals surface area contributed by atoms with Crippen LogP contribution in [0.1, 0.15) is 18.1 Å². The highest BCUT2D eigenvalue weighted by Gasteiger charge is 2.37. The largest absolute Gasteiger partial charge is 0.573 e. The molecule has 29 heavy (non-hydrogen) atoms. The van der Waals surface area contributed by atoms with E-state index < -0.39 is 41.2 Å². The Morgan fingerprint density at radius 1 is 0.759 bits per heavy atom. The lowest BCUT2D eigenvalue weighted by atomic mass is 10.0. The standard InChI is InChI=1S/C20H13F7O2/c1-2-11-3-4-13-8-14(6-5-12(13)7-11)19(23,24)28-15-9-16(21)18(17(22)10-15)29-20(25,26)27/h3-10H,2H2,1H3. The minimum atomic E-state index is -5.35. The van der Waals surface area contributed by atoms with Crippen molar-refractivity contribution in [3.8, 4) is 11.5 Å². The van der Waals surface area contributed by atoms with Crippen LogP contribution in [0.3, 0.4) is 0 Å². The fourth-order valence-corrected chi connectivity index (χ4v) is 2.71. The molecule has 3 aromatic rings. The van der Waals surface area contributed by atoms with Gasteiger partial charge in [0.2, 0.25) is 5.75 Å². The van der Waals surface area contributed by atoms with Gasteiger partial charge < -0.3 is 9.47 Å². The normalized spacial score (nSPS) is 12.3. The van der Waals surface area contributed by atoms with Crippen LogP contribution in [0, 0.1) is 11.6 Å². The first-order valence-corrected chi connectivity index (χ1v) is 8.33. The van der Waals surface area contributed by atoms with E-state index in [1.807, 2.05) is 13.0 Å². The fraction of sp³-hybridized carbons (Fsp3) is 0.200. The molecule has 0 atom stereocenters. The van der Waals surface area contributed by atoms with Crippen LogP contribution in [-0.4, -0.2) is 6.36 Å². The Morgan fingerprint density at radius 2 is 1.34 bits per heavy atom. The molecule has 0 fully saturated rings. The zero-order chi connectivity index (χ0) is 21.4. The van der Waals surface area contributed by atoms with Crippen molar-refractivity contribution < 1.29 is 40.2 Å². The Morgan fingerprint density at radius 3 is 1.93 bits per heavy atom. The quantitative estimate of drug-likeness (QED) is 0.429. The number of benzene rings is 3. The smallest absolute Gasteiger partial charge is 0.429 e. The molecule has 0 amide bonds. The van der Waals surface area contributed by atoms with Crippen LogP contribution in [0.2, 0.25) is 0 Å². The maximum Gasteiger partial charge on any atom is 0.573 e. The molecule has 0 aliphatic heterocycles. The Hall–Kier alpha value is -2.97. The minimum Gasteiger partial charge on any atom is -0.429 e. The predicted octanol–water partition coefficient (Wildman–Crippen LogP) is 6.71. The van der Waals surface area contributed by atoms with Crippen LogP contribution in [-0.2, 0) is 12.5 Å². The summed E-state index contributed by atoms with van der Waals surface area (Å²) in [6.45, 7) is 1.95. The monoisotopic (exact) mass is 418 g/mol. The molecule has 0 heterocycles. The molecule has 0 aliphatic carbocycles. The summed E-state index contributed by atoms with van der Waals surface area (Å²) in [5.74, 6) is -6.43.